The normalized spacial score (nSPS) is 11.8. The second kappa shape index (κ2) is 29.3. The molecule has 0 unspecified atom stereocenters. The summed E-state index contributed by atoms with van der Waals surface area (Å²) in [4.78, 5) is 25.1. The number of fused-ring (bicyclic) bond motifs is 18. The highest BCUT2D eigenvalue weighted by Gasteiger charge is 2.25. The van der Waals surface area contributed by atoms with Crippen molar-refractivity contribution in [1.82, 2.24) is 43.2 Å². The van der Waals surface area contributed by atoms with Crippen LogP contribution in [0.1, 0.15) is 0 Å². The van der Waals surface area contributed by atoms with E-state index in [2.05, 4.69) is 328 Å². The van der Waals surface area contributed by atoms with Gasteiger partial charge in [-0.2, -0.15) is 0 Å². The molecule has 26 rings (SSSR count). The zero-order chi connectivity index (χ0) is 82.9. The van der Waals surface area contributed by atoms with E-state index in [0.717, 1.165) is 156 Å². The molecule has 26 aromatic rings. The van der Waals surface area contributed by atoms with Crippen molar-refractivity contribution in [3.63, 3.8) is 0 Å². The van der Waals surface area contributed by atoms with Gasteiger partial charge in [-0.15, -0.1) is 0 Å². The van der Waals surface area contributed by atoms with Crippen LogP contribution in [-0.4, -0.2) is 43.2 Å². The topological polar surface area (TPSA) is 110 Å². The molecule has 0 aliphatic heterocycles. The van der Waals surface area contributed by atoms with Crippen LogP contribution in [0.4, 0.5) is 0 Å². The van der Waals surface area contributed by atoms with Crippen molar-refractivity contribution >= 4 is 131 Å². The number of nitrogens with zero attached hydrogens (tertiary/aromatic N) is 9. The number of rotatable bonds is 12. The molecule has 0 saturated heterocycles. The summed E-state index contributed by atoms with van der Waals surface area (Å²) in [6.07, 6.45) is 0. The number of furan rings is 2. The van der Waals surface area contributed by atoms with Crippen LogP contribution in [0.15, 0.2) is 440 Å². The predicted octanol–water partition coefficient (Wildman–Crippen LogP) is 29.9. The van der Waals surface area contributed by atoms with E-state index in [1.165, 1.54) is 65.3 Å². The van der Waals surface area contributed by atoms with Crippen molar-refractivity contribution in [3.05, 3.63) is 431 Å². The van der Waals surface area contributed by atoms with E-state index >= 15 is 0 Å². The Morgan fingerprint density at radius 2 is 0.532 bits per heavy atom. The first-order valence-corrected chi connectivity index (χ1v) is 42.5. The maximum absolute atomic E-state index is 6.57. The first-order valence-electron chi connectivity index (χ1n) is 42.5. The Kier molecular flexibility index (Phi) is 16.7. The highest BCUT2D eigenvalue weighted by atomic mass is 16.3. The van der Waals surface area contributed by atoms with Crippen LogP contribution in [0.3, 0.4) is 0 Å². The Balaban J connectivity index is 0.000000137. The summed E-state index contributed by atoms with van der Waals surface area (Å²) in [6, 6.07) is 152. The summed E-state index contributed by atoms with van der Waals surface area (Å²) in [6.45, 7) is 0. The van der Waals surface area contributed by atoms with Gasteiger partial charge in [0.15, 0.2) is 28.9 Å². The van der Waals surface area contributed by atoms with Gasteiger partial charge in [0.05, 0.1) is 61.2 Å². The monoisotopic (exact) mass is 1610 g/mol. The van der Waals surface area contributed by atoms with Gasteiger partial charge in [0.2, 0.25) is 0 Å². The SMILES string of the molecule is c1ccc(-c2cc(-c3ccc(-n4c5ccccc5c5c(-c6ccc7c(c6)c6ccccc6n7-c6ccc7oc8ccccc8c7c6)cccc54)cc3)nc(-c3ccccc3)n2)cc1.c1ccc(-c2nc(-c3ccccc3)nc(-c3cccc(-n4c5ccccc5c5c(-c6ccc7c(c6)c6ccccc6n7-c6cccc7c6oc6ccccc67)cccc54)c3)n2)cc1. The van der Waals surface area contributed by atoms with E-state index in [9.17, 15) is 0 Å². The lowest BCUT2D eigenvalue weighted by atomic mass is 9.98. The second-order valence-electron chi connectivity index (χ2n) is 32.1. The molecule has 11 nitrogen and oxygen atoms in total. The van der Waals surface area contributed by atoms with Crippen molar-refractivity contribution in [3.8, 4) is 113 Å². The molecule has 0 saturated carbocycles. The zero-order valence-corrected chi connectivity index (χ0v) is 67.8. The van der Waals surface area contributed by atoms with E-state index < -0.39 is 0 Å². The molecule has 0 N–H and O–H groups in total. The van der Waals surface area contributed by atoms with Crippen LogP contribution >= 0.6 is 0 Å². The summed E-state index contributed by atoms with van der Waals surface area (Å²) >= 11 is 0. The molecule has 8 aromatic heterocycles. The van der Waals surface area contributed by atoms with Crippen molar-refractivity contribution in [2.24, 2.45) is 0 Å². The maximum Gasteiger partial charge on any atom is 0.164 e. The van der Waals surface area contributed by atoms with Crippen molar-refractivity contribution in [2.75, 3.05) is 0 Å². The molecular weight excluding hydrogens is 1540 g/mol. The molecule has 0 fully saturated rings. The molecule has 0 radical (unpaired) electrons. The second-order valence-corrected chi connectivity index (χ2v) is 32.1. The molecule has 18 aromatic carbocycles. The molecule has 0 aliphatic rings. The quantitative estimate of drug-likeness (QED) is 0.120. The lowest BCUT2D eigenvalue weighted by molar-refractivity contribution is 0.666. The van der Waals surface area contributed by atoms with Crippen LogP contribution in [0.25, 0.3) is 244 Å². The molecule has 0 bridgehead atoms. The minimum atomic E-state index is 0.620. The zero-order valence-electron chi connectivity index (χ0n) is 67.8. The van der Waals surface area contributed by atoms with Crippen LogP contribution in [0.5, 0.6) is 0 Å². The Morgan fingerprint density at radius 1 is 0.175 bits per heavy atom. The minimum absolute atomic E-state index is 0.620. The van der Waals surface area contributed by atoms with Crippen molar-refractivity contribution in [2.45, 2.75) is 0 Å². The van der Waals surface area contributed by atoms with E-state index in [0.29, 0.717) is 23.3 Å². The molecule has 0 atom stereocenters. The van der Waals surface area contributed by atoms with Gasteiger partial charge < -0.3 is 27.1 Å². The molecule has 0 spiro atoms. The lowest BCUT2D eigenvalue weighted by Gasteiger charge is -2.12. The fourth-order valence-electron chi connectivity index (χ4n) is 19.2. The van der Waals surface area contributed by atoms with Crippen LogP contribution in [0.2, 0.25) is 0 Å². The fraction of sp³-hybridized carbons (Fsp3) is 0. The van der Waals surface area contributed by atoms with Gasteiger partial charge in [0, 0.05) is 115 Å². The van der Waals surface area contributed by atoms with E-state index in [1.807, 2.05) is 121 Å². The smallest absolute Gasteiger partial charge is 0.164 e. The summed E-state index contributed by atoms with van der Waals surface area (Å²) < 4.78 is 22.3. The average Bonchev–Trinajstić information content (AvgIpc) is 1.57. The minimum Gasteiger partial charge on any atom is -0.456 e. The van der Waals surface area contributed by atoms with Crippen LogP contribution < -0.4 is 0 Å². The first-order chi connectivity index (χ1) is 62.5. The Labute approximate surface area is 722 Å². The molecule has 8 heterocycles. The third kappa shape index (κ3) is 11.8. The molecule has 126 heavy (non-hydrogen) atoms. The van der Waals surface area contributed by atoms with Gasteiger partial charge in [-0.1, -0.05) is 303 Å². The highest BCUT2D eigenvalue weighted by molar-refractivity contribution is 6.20. The molecule has 11 heteroatoms. The highest BCUT2D eigenvalue weighted by Crippen LogP contribution is 2.47. The molecule has 588 valence electrons. The Morgan fingerprint density at radius 3 is 1.10 bits per heavy atom. The average molecular weight is 1610 g/mol. The Hall–Kier alpha value is -17.2. The van der Waals surface area contributed by atoms with E-state index in [-0.39, 0.29) is 0 Å². The van der Waals surface area contributed by atoms with Gasteiger partial charge >= 0.3 is 0 Å². The number of hydrogen-bond acceptors (Lipinski definition) is 7. The summed E-state index contributed by atoms with van der Waals surface area (Å²) in [5, 5.41) is 14.1. The van der Waals surface area contributed by atoms with E-state index in [4.69, 9.17) is 33.8 Å². The van der Waals surface area contributed by atoms with Gasteiger partial charge in [-0.25, -0.2) is 24.9 Å². The Bertz CT molecular complexity index is 8730. The number of hydrogen-bond donors (Lipinski definition) is 0. The lowest BCUT2D eigenvalue weighted by Crippen LogP contribution is -2.01. The molecule has 0 amide bonds. The van der Waals surface area contributed by atoms with Gasteiger partial charge in [0.1, 0.15) is 16.7 Å². The number of para-hydroxylation sites is 7. The molecular formula is C115H71N9O2. The summed E-state index contributed by atoms with van der Waals surface area (Å²) in [5.41, 5.74) is 29.3. The summed E-state index contributed by atoms with van der Waals surface area (Å²) in [7, 11) is 0. The fourth-order valence-corrected chi connectivity index (χ4v) is 19.2. The van der Waals surface area contributed by atoms with Gasteiger partial charge in [-0.05, 0) is 150 Å². The van der Waals surface area contributed by atoms with E-state index in [1.54, 1.807) is 0 Å². The first kappa shape index (κ1) is 71.7. The number of benzene rings is 18. The van der Waals surface area contributed by atoms with Crippen LogP contribution in [0, 0.1) is 0 Å². The van der Waals surface area contributed by atoms with Crippen molar-refractivity contribution in [1.29, 1.82) is 0 Å². The third-order valence-electron chi connectivity index (χ3n) is 24.9. The third-order valence-corrected chi connectivity index (χ3v) is 24.9. The van der Waals surface area contributed by atoms with Gasteiger partial charge in [0.25, 0.3) is 0 Å². The summed E-state index contributed by atoms with van der Waals surface area (Å²) in [5.74, 6) is 2.60. The van der Waals surface area contributed by atoms with Crippen molar-refractivity contribution < 1.29 is 8.83 Å². The van der Waals surface area contributed by atoms with Gasteiger partial charge in [-0.3, -0.25) is 0 Å². The molecule has 0 aliphatic carbocycles. The predicted molar refractivity (Wildman–Crippen MR) is 517 cm³/mol. The maximum atomic E-state index is 6.57. The number of aromatic nitrogens is 9. The standard InChI is InChI=1S/C58H36N4O.C57H35N5O/c1-3-14-37(15-4-1)49-36-50(60-58(59-49)39-16-5-2-6-17-39)38-26-29-41(30-27-38)61-52-23-11-8-20-46(52)57-43(21-13-24-54(57)61)40-28-32-53-47(34-40)44-18-7-10-22-51(44)62(53)42-31-33-56-48(35-42)45-19-9-12-25-55(45)63-56;1-3-16-36(17-4-1)55-58-56(37-18-5-2-6-19-37)60-57(59-55)39-20-13-21-40(34-39)61-48-28-11-8-24-45(48)53-41(25-14-29-50(53)61)38-32-33-49-46(35-38)42-22-7-10-27-47(42)62(49)51-30-15-26-44-43-23-9-12-31-52(43)63-54(44)51/h1-36H;1-35H. The van der Waals surface area contributed by atoms with Crippen LogP contribution in [-0.2, 0) is 0 Å². The largest absolute Gasteiger partial charge is 0.456 e.